The number of carbonyl (C=O) groups is 1. The zero-order valence-electron chi connectivity index (χ0n) is 13.5. The number of pyridine rings is 1. The van der Waals surface area contributed by atoms with Crippen LogP contribution in [0.25, 0.3) is 6.08 Å². The van der Waals surface area contributed by atoms with Crippen LogP contribution in [0.1, 0.15) is 44.6 Å². The molecule has 4 heteroatoms. The van der Waals surface area contributed by atoms with Crippen LogP contribution in [0.3, 0.4) is 0 Å². The lowest BCUT2D eigenvalue weighted by molar-refractivity contribution is -0.116. The maximum atomic E-state index is 11.7. The number of aromatic nitrogens is 1. The zero-order chi connectivity index (χ0) is 15.6. The van der Waals surface area contributed by atoms with Crippen molar-refractivity contribution in [3.8, 4) is 0 Å². The summed E-state index contributed by atoms with van der Waals surface area (Å²) in [5.74, 6) is -0.0249. The smallest absolute Gasteiger partial charge is 0.243 e. The summed E-state index contributed by atoms with van der Waals surface area (Å²) >= 11 is 0. The van der Waals surface area contributed by atoms with Crippen LogP contribution in [0.4, 0.5) is 0 Å². The molecule has 1 N–H and O–H groups in total. The van der Waals surface area contributed by atoms with Crippen LogP contribution in [0, 0.1) is 0 Å². The number of amides is 1. The molecule has 1 aromatic heterocycles. The molecule has 0 aliphatic carbocycles. The summed E-state index contributed by atoms with van der Waals surface area (Å²) in [6, 6.07) is 4.49. The molecule has 0 aromatic carbocycles. The highest BCUT2D eigenvalue weighted by Gasteiger charge is 2.16. The largest absolute Gasteiger partial charge is 0.353 e. The minimum atomic E-state index is -0.0249. The number of piperidine rings is 1. The van der Waals surface area contributed by atoms with Gasteiger partial charge in [-0.05, 0) is 69.5 Å². The van der Waals surface area contributed by atoms with Crippen molar-refractivity contribution >= 4 is 12.0 Å². The van der Waals surface area contributed by atoms with Gasteiger partial charge in [0.1, 0.15) is 0 Å². The molecule has 1 aliphatic heterocycles. The van der Waals surface area contributed by atoms with Crippen LogP contribution < -0.4 is 5.32 Å². The molecule has 0 spiro atoms. The first kappa shape index (κ1) is 16.7. The van der Waals surface area contributed by atoms with E-state index in [2.05, 4.69) is 22.1 Å². The van der Waals surface area contributed by atoms with Crippen molar-refractivity contribution < 1.29 is 4.79 Å². The Labute approximate surface area is 133 Å². The van der Waals surface area contributed by atoms with Gasteiger partial charge in [0, 0.05) is 31.1 Å². The summed E-state index contributed by atoms with van der Waals surface area (Å²) in [7, 11) is 0. The Balaban J connectivity index is 1.56. The van der Waals surface area contributed by atoms with Gasteiger partial charge in [0.15, 0.2) is 0 Å². The molecule has 1 fully saturated rings. The van der Waals surface area contributed by atoms with E-state index in [1.807, 2.05) is 18.2 Å². The lowest BCUT2D eigenvalue weighted by Crippen LogP contribution is -2.38. The predicted molar refractivity (Wildman–Crippen MR) is 90.4 cm³/mol. The number of unbranched alkanes of at least 4 members (excludes halogenated alkanes) is 1. The van der Waals surface area contributed by atoms with Gasteiger partial charge >= 0.3 is 0 Å². The molecule has 0 saturated carbocycles. The molecule has 4 nitrogen and oxygen atoms in total. The Bertz CT molecular complexity index is 472. The first-order valence-corrected chi connectivity index (χ1v) is 8.36. The second-order valence-electron chi connectivity index (χ2n) is 5.99. The Morgan fingerprint density at radius 2 is 2.18 bits per heavy atom. The number of rotatable bonds is 7. The van der Waals surface area contributed by atoms with E-state index in [-0.39, 0.29) is 5.91 Å². The molecule has 2 heterocycles. The van der Waals surface area contributed by atoms with Crippen LogP contribution >= 0.6 is 0 Å². The van der Waals surface area contributed by atoms with Gasteiger partial charge in [-0.2, -0.15) is 0 Å². The molecule has 1 atom stereocenters. The summed E-state index contributed by atoms with van der Waals surface area (Å²) in [6.45, 7) is 5.47. The molecule has 2 rings (SSSR count). The van der Waals surface area contributed by atoms with Gasteiger partial charge in [0.2, 0.25) is 5.91 Å². The Morgan fingerprint density at radius 3 is 2.95 bits per heavy atom. The third-order valence-corrected chi connectivity index (χ3v) is 4.25. The Morgan fingerprint density at radius 1 is 1.36 bits per heavy atom. The van der Waals surface area contributed by atoms with Gasteiger partial charge in [0.05, 0.1) is 0 Å². The minimum Gasteiger partial charge on any atom is -0.353 e. The van der Waals surface area contributed by atoms with Gasteiger partial charge in [-0.3, -0.25) is 9.78 Å². The molecular weight excluding hydrogens is 274 g/mol. The highest BCUT2D eigenvalue weighted by molar-refractivity contribution is 5.91. The number of hydrogen-bond acceptors (Lipinski definition) is 3. The summed E-state index contributed by atoms with van der Waals surface area (Å²) in [5.41, 5.74) is 0.990. The molecule has 22 heavy (non-hydrogen) atoms. The summed E-state index contributed by atoms with van der Waals surface area (Å²) in [6.07, 6.45) is 13.1. The van der Waals surface area contributed by atoms with Crippen molar-refractivity contribution in [2.45, 2.75) is 45.1 Å². The second-order valence-corrected chi connectivity index (χ2v) is 5.99. The average Bonchev–Trinajstić information content (AvgIpc) is 2.55. The van der Waals surface area contributed by atoms with Crippen molar-refractivity contribution in [3.63, 3.8) is 0 Å². The van der Waals surface area contributed by atoms with E-state index < -0.39 is 0 Å². The number of carbonyl (C=O) groups excluding carboxylic acids is 1. The zero-order valence-corrected chi connectivity index (χ0v) is 13.5. The first-order valence-electron chi connectivity index (χ1n) is 8.36. The fraction of sp³-hybridized carbons (Fsp3) is 0.556. The minimum absolute atomic E-state index is 0.0249. The number of nitrogens with zero attached hydrogens (tertiary/aromatic N) is 2. The lowest BCUT2D eigenvalue weighted by atomic mass is 10.0. The van der Waals surface area contributed by atoms with Crippen LogP contribution in [-0.4, -0.2) is 41.5 Å². The summed E-state index contributed by atoms with van der Waals surface area (Å²) in [4.78, 5) is 18.2. The molecule has 1 aromatic rings. The molecule has 1 aliphatic rings. The topological polar surface area (TPSA) is 45.2 Å². The highest BCUT2D eigenvalue weighted by Crippen LogP contribution is 2.16. The number of likely N-dealkylation sites (tertiary alicyclic amines) is 1. The van der Waals surface area contributed by atoms with Crippen molar-refractivity contribution in [1.82, 2.24) is 15.2 Å². The predicted octanol–water partition coefficient (Wildman–Crippen LogP) is 2.87. The maximum absolute atomic E-state index is 11.7. The maximum Gasteiger partial charge on any atom is 0.243 e. The third-order valence-electron chi connectivity index (χ3n) is 4.25. The molecular formula is C18H27N3O. The lowest BCUT2D eigenvalue weighted by Gasteiger charge is -2.33. The van der Waals surface area contributed by atoms with E-state index >= 15 is 0 Å². The fourth-order valence-electron chi connectivity index (χ4n) is 2.85. The van der Waals surface area contributed by atoms with E-state index in [1.165, 1.54) is 25.8 Å². The van der Waals surface area contributed by atoms with E-state index in [1.54, 1.807) is 18.5 Å². The van der Waals surface area contributed by atoms with Crippen LogP contribution in [0.5, 0.6) is 0 Å². The number of hydrogen-bond donors (Lipinski definition) is 1. The Hall–Kier alpha value is -1.68. The number of nitrogens with one attached hydrogen (secondary N) is 1. The molecule has 120 valence electrons. The highest BCUT2D eigenvalue weighted by atomic mass is 16.1. The van der Waals surface area contributed by atoms with Gasteiger partial charge in [-0.25, -0.2) is 0 Å². The standard InChI is InChI=1S/C18H27N3O/c1-16-6-2-4-14-21(16)15-5-3-11-20-18(22)8-7-17-9-12-19-13-10-17/h7-10,12-13,16H,2-6,11,14-15H2,1H3,(H,20,22)/b8-7+/t16-/m1/s1. The molecule has 1 saturated heterocycles. The van der Waals surface area contributed by atoms with E-state index in [0.717, 1.165) is 37.5 Å². The second kappa shape index (κ2) is 9.36. The SMILES string of the molecule is C[C@@H]1CCCCN1CCCCNC(=O)/C=C/c1ccncc1. The van der Waals surface area contributed by atoms with Gasteiger partial charge in [-0.1, -0.05) is 6.42 Å². The normalized spacial score (nSPS) is 19.4. The van der Waals surface area contributed by atoms with E-state index in [4.69, 9.17) is 0 Å². The van der Waals surface area contributed by atoms with Crippen molar-refractivity contribution in [3.05, 3.63) is 36.2 Å². The van der Waals surface area contributed by atoms with Gasteiger partial charge in [0.25, 0.3) is 0 Å². The van der Waals surface area contributed by atoms with Crippen molar-refractivity contribution in [2.75, 3.05) is 19.6 Å². The van der Waals surface area contributed by atoms with Crippen molar-refractivity contribution in [2.24, 2.45) is 0 Å². The fourth-order valence-corrected chi connectivity index (χ4v) is 2.85. The van der Waals surface area contributed by atoms with E-state index in [9.17, 15) is 4.79 Å². The molecule has 0 radical (unpaired) electrons. The van der Waals surface area contributed by atoms with E-state index in [0.29, 0.717) is 0 Å². The molecule has 1 amide bonds. The van der Waals surface area contributed by atoms with Gasteiger partial charge in [-0.15, -0.1) is 0 Å². The monoisotopic (exact) mass is 301 g/mol. The average molecular weight is 301 g/mol. The third kappa shape index (κ3) is 5.98. The molecule has 0 unspecified atom stereocenters. The van der Waals surface area contributed by atoms with Crippen LogP contribution in [0.15, 0.2) is 30.6 Å². The molecule has 0 bridgehead atoms. The van der Waals surface area contributed by atoms with Gasteiger partial charge < -0.3 is 10.2 Å². The van der Waals surface area contributed by atoms with Crippen LogP contribution in [-0.2, 0) is 4.79 Å². The summed E-state index contributed by atoms with van der Waals surface area (Å²) in [5, 5.41) is 2.94. The first-order chi connectivity index (χ1) is 10.8. The van der Waals surface area contributed by atoms with Crippen LogP contribution in [0.2, 0.25) is 0 Å². The Kier molecular flexibility index (Phi) is 7.10. The van der Waals surface area contributed by atoms with Crippen molar-refractivity contribution in [1.29, 1.82) is 0 Å². The quantitative estimate of drug-likeness (QED) is 0.622. The summed E-state index contributed by atoms with van der Waals surface area (Å²) < 4.78 is 0.